The Morgan fingerprint density at radius 1 is 1.19 bits per heavy atom. The van der Waals surface area contributed by atoms with Gasteiger partial charge in [0.25, 0.3) is 0 Å². The van der Waals surface area contributed by atoms with E-state index >= 15 is 0 Å². The number of aryl methyl sites for hydroxylation is 1. The lowest BCUT2D eigenvalue weighted by atomic mass is 10.2. The van der Waals surface area contributed by atoms with Crippen LogP contribution in [0.15, 0.2) is 18.2 Å². The fourth-order valence-electron chi connectivity index (χ4n) is 2.73. The molecule has 0 spiro atoms. The van der Waals surface area contributed by atoms with Crippen LogP contribution in [-0.4, -0.2) is 21.6 Å². The van der Waals surface area contributed by atoms with Gasteiger partial charge in [-0.05, 0) is 18.2 Å². The standard InChI is InChI=1S/C17H10F3N5OS/c1-25-9-4-3-7(6-21)5-8(9)22-16(25)24-17-23-13-10(18)11(19)14(26-2)12(20)15(13)27-17/h3-5H,1-2H3,(H,22,23,24). The minimum absolute atomic E-state index is 0.134. The largest absolute Gasteiger partial charge is 0.491 e. The molecule has 2 aromatic carbocycles. The summed E-state index contributed by atoms with van der Waals surface area (Å²) in [6.45, 7) is 0. The molecule has 6 nitrogen and oxygen atoms in total. The van der Waals surface area contributed by atoms with Gasteiger partial charge in [0.1, 0.15) is 5.52 Å². The molecule has 0 aliphatic heterocycles. The monoisotopic (exact) mass is 389 g/mol. The van der Waals surface area contributed by atoms with E-state index in [4.69, 9.17) is 5.26 Å². The van der Waals surface area contributed by atoms with E-state index in [1.54, 1.807) is 29.8 Å². The topological polar surface area (TPSA) is 75.8 Å². The number of imidazole rings is 1. The molecule has 27 heavy (non-hydrogen) atoms. The number of anilines is 2. The van der Waals surface area contributed by atoms with E-state index in [0.29, 0.717) is 17.0 Å². The average Bonchev–Trinajstić information content (AvgIpc) is 3.22. The molecule has 10 heteroatoms. The van der Waals surface area contributed by atoms with Gasteiger partial charge in [-0.1, -0.05) is 11.3 Å². The number of nitrogens with zero attached hydrogens (tertiary/aromatic N) is 4. The quantitative estimate of drug-likeness (QED) is 0.531. The zero-order chi connectivity index (χ0) is 19.3. The van der Waals surface area contributed by atoms with Crippen LogP contribution in [0.4, 0.5) is 24.3 Å². The van der Waals surface area contributed by atoms with Crippen LogP contribution in [0.2, 0.25) is 0 Å². The second-order valence-corrected chi connectivity index (χ2v) is 6.61. The molecule has 2 heterocycles. The summed E-state index contributed by atoms with van der Waals surface area (Å²) >= 11 is 0.808. The summed E-state index contributed by atoms with van der Waals surface area (Å²) in [6, 6.07) is 7.05. The summed E-state index contributed by atoms with van der Waals surface area (Å²) in [5.41, 5.74) is 1.36. The summed E-state index contributed by atoms with van der Waals surface area (Å²) in [5.74, 6) is -4.16. The van der Waals surface area contributed by atoms with E-state index in [0.717, 1.165) is 24.0 Å². The molecule has 1 N–H and O–H groups in total. The Bertz CT molecular complexity index is 1260. The third-order valence-electron chi connectivity index (χ3n) is 4.06. The van der Waals surface area contributed by atoms with Gasteiger partial charge in [0.2, 0.25) is 11.8 Å². The maximum Gasteiger partial charge on any atom is 0.209 e. The van der Waals surface area contributed by atoms with Gasteiger partial charge in [0.05, 0.1) is 34.5 Å². The first-order valence-electron chi connectivity index (χ1n) is 7.59. The van der Waals surface area contributed by atoms with Crippen molar-refractivity contribution >= 4 is 43.7 Å². The van der Waals surface area contributed by atoms with Crippen molar-refractivity contribution in [3.63, 3.8) is 0 Å². The minimum Gasteiger partial charge on any atom is -0.491 e. The number of aromatic nitrogens is 3. The van der Waals surface area contributed by atoms with Crippen LogP contribution >= 0.6 is 11.3 Å². The normalized spacial score (nSPS) is 11.1. The predicted octanol–water partition coefficient (Wildman–Crippen LogP) is 4.22. The third kappa shape index (κ3) is 2.55. The number of nitriles is 1. The number of nitrogens with one attached hydrogen (secondary N) is 1. The van der Waals surface area contributed by atoms with Gasteiger partial charge in [0, 0.05) is 7.05 Å². The Balaban J connectivity index is 1.81. The Morgan fingerprint density at radius 2 is 1.96 bits per heavy atom. The third-order valence-corrected chi connectivity index (χ3v) is 5.02. The van der Waals surface area contributed by atoms with Crippen molar-refractivity contribution in [3.8, 4) is 11.8 Å². The van der Waals surface area contributed by atoms with Gasteiger partial charge in [0.15, 0.2) is 22.5 Å². The second-order valence-electron chi connectivity index (χ2n) is 5.61. The fourth-order valence-corrected chi connectivity index (χ4v) is 3.62. The number of methoxy groups -OCH3 is 1. The number of hydrogen-bond acceptors (Lipinski definition) is 6. The molecule has 0 unspecified atom stereocenters. The van der Waals surface area contributed by atoms with Crippen LogP contribution in [0, 0.1) is 28.8 Å². The van der Waals surface area contributed by atoms with Gasteiger partial charge < -0.3 is 14.6 Å². The number of halogens is 3. The number of fused-ring (bicyclic) bond motifs is 2. The van der Waals surface area contributed by atoms with Crippen LogP contribution in [0.5, 0.6) is 5.75 Å². The lowest BCUT2D eigenvalue weighted by Gasteiger charge is -2.04. The predicted molar refractivity (Wildman–Crippen MR) is 94.8 cm³/mol. The maximum atomic E-state index is 14.4. The molecule has 0 atom stereocenters. The van der Waals surface area contributed by atoms with Gasteiger partial charge in [-0.3, -0.25) is 0 Å². The van der Waals surface area contributed by atoms with Crippen LogP contribution in [-0.2, 0) is 7.05 Å². The molecule has 4 aromatic rings. The summed E-state index contributed by atoms with van der Waals surface area (Å²) in [5, 5.41) is 12.0. The van der Waals surface area contributed by atoms with Crippen LogP contribution < -0.4 is 10.1 Å². The average molecular weight is 389 g/mol. The maximum absolute atomic E-state index is 14.4. The highest BCUT2D eigenvalue weighted by atomic mass is 32.1. The molecule has 0 saturated carbocycles. The van der Waals surface area contributed by atoms with Crippen LogP contribution in [0.25, 0.3) is 21.3 Å². The van der Waals surface area contributed by atoms with E-state index in [2.05, 4.69) is 20.0 Å². The lowest BCUT2D eigenvalue weighted by Crippen LogP contribution is -1.99. The Labute approximate surface area is 154 Å². The molecule has 0 aliphatic carbocycles. The summed E-state index contributed by atoms with van der Waals surface area (Å²) in [7, 11) is 2.79. The summed E-state index contributed by atoms with van der Waals surface area (Å²) in [6.07, 6.45) is 0. The van der Waals surface area contributed by atoms with E-state index in [9.17, 15) is 13.2 Å². The molecule has 0 radical (unpaired) electrons. The zero-order valence-electron chi connectivity index (χ0n) is 14.0. The molecular weight excluding hydrogens is 379 g/mol. The lowest BCUT2D eigenvalue weighted by molar-refractivity contribution is 0.351. The fraction of sp³-hybridized carbons (Fsp3) is 0.118. The molecular formula is C17H10F3N5OS. The Hall–Kier alpha value is -3.32. The van der Waals surface area contributed by atoms with Gasteiger partial charge in [-0.25, -0.2) is 18.7 Å². The number of ether oxygens (including phenoxy) is 1. The van der Waals surface area contributed by atoms with Crippen molar-refractivity contribution in [2.24, 2.45) is 7.05 Å². The first-order valence-corrected chi connectivity index (χ1v) is 8.40. The smallest absolute Gasteiger partial charge is 0.209 e. The molecule has 136 valence electrons. The summed E-state index contributed by atoms with van der Waals surface area (Å²) < 4.78 is 48.5. The Morgan fingerprint density at radius 3 is 2.67 bits per heavy atom. The van der Waals surface area contributed by atoms with Gasteiger partial charge in [-0.2, -0.15) is 9.65 Å². The van der Waals surface area contributed by atoms with E-state index in [-0.39, 0.29) is 9.83 Å². The van der Waals surface area contributed by atoms with E-state index in [1.807, 2.05) is 6.07 Å². The van der Waals surface area contributed by atoms with Crippen molar-refractivity contribution in [2.45, 2.75) is 0 Å². The highest BCUT2D eigenvalue weighted by molar-refractivity contribution is 7.22. The number of thiazole rings is 1. The molecule has 0 bridgehead atoms. The summed E-state index contributed by atoms with van der Waals surface area (Å²) in [4.78, 5) is 8.30. The minimum atomic E-state index is -1.42. The second kappa shape index (κ2) is 6.14. The molecule has 0 saturated heterocycles. The highest BCUT2D eigenvalue weighted by Gasteiger charge is 2.24. The van der Waals surface area contributed by atoms with Crippen molar-refractivity contribution in [2.75, 3.05) is 12.4 Å². The van der Waals surface area contributed by atoms with Gasteiger partial charge in [-0.15, -0.1) is 0 Å². The zero-order valence-corrected chi connectivity index (χ0v) is 14.8. The molecule has 2 aromatic heterocycles. The van der Waals surface area contributed by atoms with Crippen molar-refractivity contribution in [1.29, 1.82) is 5.26 Å². The molecule has 0 fully saturated rings. The van der Waals surface area contributed by atoms with Crippen molar-refractivity contribution in [3.05, 3.63) is 41.2 Å². The number of benzene rings is 2. The van der Waals surface area contributed by atoms with Crippen molar-refractivity contribution in [1.82, 2.24) is 14.5 Å². The number of rotatable bonds is 3. The Kier molecular flexibility index (Phi) is 3.89. The van der Waals surface area contributed by atoms with Gasteiger partial charge >= 0.3 is 0 Å². The van der Waals surface area contributed by atoms with Crippen molar-refractivity contribution < 1.29 is 17.9 Å². The molecule has 4 rings (SSSR count). The first-order chi connectivity index (χ1) is 12.9. The highest BCUT2D eigenvalue weighted by Crippen LogP contribution is 2.38. The van der Waals surface area contributed by atoms with Crippen LogP contribution in [0.1, 0.15) is 5.56 Å². The van der Waals surface area contributed by atoms with E-state index < -0.39 is 28.7 Å². The number of hydrogen-bond donors (Lipinski definition) is 1. The SMILES string of the molecule is COc1c(F)c(F)c2nc(Nc3nc4cc(C#N)ccc4n3C)sc2c1F. The molecule has 0 amide bonds. The van der Waals surface area contributed by atoms with E-state index in [1.165, 1.54) is 0 Å². The van der Waals surface area contributed by atoms with Crippen LogP contribution in [0.3, 0.4) is 0 Å². The first kappa shape index (κ1) is 17.1. The molecule has 0 aliphatic rings.